The van der Waals surface area contributed by atoms with Gasteiger partial charge in [-0.1, -0.05) is 28.9 Å². The first-order valence-electron chi connectivity index (χ1n) is 7.12. The Morgan fingerprint density at radius 1 is 1.32 bits per heavy atom. The van der Waals surface area contributed by atoms with Gasteiger partial charge in [0.05, 0.1) is 0 Å². The van der Waals surface area contributed by atoms with E-state index in [-0.39, 0.29) is 6.42 Å². The Morgan fingerprint density at radius 2 is 1.95 bits per heavy atom. The van der Waals surface area contributed by atoms with Crippen LogP contribution in [0, 0.1) is 0 Å². The molecule has 122 valence electrons. The number of rotatable bonds is 5. The molecule has 0 unspecified atom stereocenters. The maximum Gasteiger partial charge on any atom is 0.408 e. The van der Waals surface area contributed by atoms with Gasteiger partial charge in [-0.05, 0) is 50.5 Å². The van der Waals surface area contributed by atoms with Gasteiger partial charge >= 0.3 is 12.1 Å². The van der Waals surface area contributed by atoms with E-state index in [0.717, 1.165) is 22.0 Å². The van der Waals surface area contributed by atoms with Gasteiger partial charge in [0.25, 0.3) is 0 Å². The molecule has 0 saturated heterocycles. The summed E-state index contributed by atoms with van der Waals surface area (Å²) >= 11 is 3.38. The van der Waals surface area contributed by atoms with Gasteiger partial charge in [-0.15, -0.1) is 0 Å². The Hall–Kier alpha value is -1.56. The molecule has 0 aliphatic heterocycles. The van der Waals surface area contributed by atoms with Crippen molar-refractivity contribution in [1.82, 2.24) is 5.32 Å². The number of hydrogen-bond donors (Lipinski definition) is 2. The summed E-state index contributed by atoms with van der Waals surface area (Å²) in [6.45, 7) is 7.19. The highest BCUT2D eigenvalue weighted by Gasteiger charge is 2.24. The minimum absolute atomic E-state index is 0.206. The number of benzene rings is 1. The van der Waals surface area contributed by atoms with Crippen LogP contribution in [0.2, 0.25) is 0 Å². The lowest BCUT2D eigenvalue weighted by atomic mass is 9.99. The van der Waals surface area contributed by atoms with E-state index in [2.05, 4.69) is 21.2 Å². The third-order valence-corrected chi connectivity index (χ3v) is 3.46. The normalized spacial score (nSPS) is 12.6. The minimum Gasteiger partial charge on any atom is -0.480 e. The fourth-order valence-electron chi connectivity index (χ4n) is 2.00. The third kappa shape index (κ3) is 6.05. The SMILES string of the molecule is CCc1ccc(Br)cc1C[C@H](NC(=O)OC(C)(C)C)C(=O)O. The van der Waals surface area contributed by atoms with E-state index in [1.165, 1.54) is 0 Å². The van der Waals surface area contributed by atoms with Gasteiger partial charge in [0, 0.05) is 10.9 Å². The number of hydrogen-bond acceptors (Lipinski definition) is 3. The molecule has 0 fully saturated rings. The summed E-state index contributed by atoms with van der Waals surface area (Å²) in [7, 11) is 0. The molecular formula is C16H22BrNO4. The lowest BCUT2D eigenvalue weighted by molar-refractivity contribution is -0.139. The smallest absolute Gasteiger partial charge is 0.408 e. The molecule has 0 heterocycles. The van der Waals surface area contributed by atoms with Crippen molar-refractivity contribution in [2.75, 3.05) is 0 Å². The molecule has 1 aromatic carbocycles. The Labute approximate surface area is 139 Å². The van der Waals surface area contributed by atoms with Crippen LogP contribution in [0.4, 0.5) is 4.79 Å². The lowest BCUT2D eigenvalue weighted by Crippen LogP contribution is -2.44. The predicted molar refractivity (Wildman–Crippen MR) is 88.0 cm³/mol. The van der Waals surface area contributed by atoms with Gasteiger partial charge in [-0.3, -0.25) is 0 Å². The van der Waals surface area contributed by atoms with E-state index in [1.807, 2.05) is 25.1 Å². The lowest BCUT2D eigenvalue weighted by Gasteiger charge is -2.22. The van der Waals surface area contributed by atoms with Crippen LogP contribution in [0.5, 0.6) is 0 Å². The van der Waals surface area contributed by atoms with Gasteiger partial charge in [-0.25, -0.2) is 9.59 Å². The van der Waals surface area contributed by atoms with E-state index in [4.69, 9.17) is 4.74 Å². The van der Waals surface area contributed by atoms with Gasteiger partial charge in [0.15, 0.2) is 0 Å². The fraction of sp³-hybridized carbons (Fsp3) is 0.500. The summed E-state index contributed by atoms with van der Waals surface area (Å²) in [4.78, 5) is 23.2. The van der Waals surface area contributed by atoms with Crippen LogP contribution in [0.3, 0.4) is 0 Å². The second kappa shape index (κ2) is 7.63. The van der Waals surface area contributed by atoms with Crippen molar-refractivity contribution in [3.63, 3.8) is 0 Å². The van der Waals surface area contributed by atoms with Gasteiger partial charge in [0.2, 0.25) is 0 Å². The topological polar surface area (TPSA) is 75.6 Å². The maximum atomic E-state index is 11.8. The molecule has 6 heteroatoms. The molecule has 1 rings (SSSR count). The number of carboxylic acid groups (broad SMARTS) is 1. The number of carbonyl (C=O) groups excluding carboxylic acids is 1. The molecule has 0 aliphatic rings. The summed E-state index contributed by atoms with van der Waals surface area (Å²) < 4.78 is 5.99. The minimum atomic E-state index is -1.09. The molecule has 0 aromatic heterocycles. The number of aliphatic carboxylic acids is 1. The molecular weight excluding hydrogens is 350 g/mol. The summed E-state index contributed by atoms with van der Waals surface area (Å²) in [5.74, 6) is -1.09. The highest BCUT2D eigenvalue weighted by atomic mass is 79.9. The third-order valence-electron chi connectivity index (χ3n) is 2.96. The number of ether oxygens (including phenoxy) is 1. The van der Waals surface area contributed by atoms with E-state index in [0.29, 0.717) is 0 Å². The fourth-order valence-corrected chi connectivity index (χ4v) is 2.41. The number of carbonyl (C=O) groups is 2. The highest BCUT2D eigenvalue weighted by molar-refractivity contribution is 9.10. The van der Waals surface area contributed by atoms with Crippen LogP contribution in [0.25, 0.3) is 0 Å². The average Bonchev–Trinajstić information content (AvgIpc) is 2.35. The summed E-state index contributed by atoms with van der Waals surface area (Å²) in [5, 5.41) is 11.7. The summed E-state index contributed by atoms with van der Waals surface area (Å²) in [6.07, 6.45) is 0.270. The molecule has 22 heavy (non-hydrogen) atoms. The molecule has 0 radical (unpaired) electrons. The van der Waals surface area contributed by atoms with Crippen LogP contribution < -0.4 is 5.32 Å². The number of nitrogens with one attached hydrogen (secondary N) is 1. The second-order valence-corrected chi connectivity index (χ2v) is 6.92. The molecule has 0 saturated carbocycles. The zero-order valence-electron chi connectivity index (χ0n) is 13.3. The summed E-state index contributed by atoms with van der Waals surface area (Å²) in [5.41, 5.74) is 1.28. The average molecular weight is 372 g/mol. The van der Waals surface area contributed by atoms with E-state index < -0.39 is 23.7 Å². The Balaban J connectivity index is 2.87. The highest BCUT2D eigenvalue weighted by Crippen LogP contribution is 2.19. The van der Waals surface area contributed by atoms with Crippen molar-refractivity contribution >= 4 is 28.0 Å². The van der Waals surface area contributed by atoms with E-state index in [1.54, 1.807) is 20.8 Å². The van der Waals surface area contributed by atoms with Crippen LogP contribution in [0.15, 0.2) is 22.7 Å². The van der Waals surface area contributed by atoms with Crippen molar-refractivity contribution in [1.29, 1.82) is 0 Å². The zero-order chi connectivity index (χ0) is 16.9. The number of halogens is 1. The maximum absolute atomic E-state index is 11.8. The number of aryl methyl sites for hydroxylation is 1. The Morgan fingerprint density at radius 3 is 2.45 bits per heavy atom. The second-order valence-electron chi connectivity index (χ2n) is 6.01. The first-order valence-corrected chi connectivity index (χ1v) is 7.91. The monoisotopic (exact) mass is 371 g/mol. The first kappa shape index (κ1) is 18.5. The molecule has 5 nitrogen and oxygen atoms in total. The molecule has 0 aliphatic carbocycles. The molecule has 1 amide bonds. The van der Waals surface area contributed by atoms with Crippen molar-refractivity contribution in [2.24, 2.45) is 0 Å². The van der Waals surface area contributed by atoms with Crippen LogP contribution in [-0.2, 0) is 22.4 Å². The van der Waals surface area contributed by atoms with Crippen molar-refractivity contribution in [3.05, 3.63) is 33.8 Å². The van der Waals surface area contributed by atoms with Crippen molar-refractivity contribution in [2.45, 2.75) is 52.2 Å². The van der Waals surface area contributed by atoms with Crippen LogP contribution in [0.1, 0.15) is 38.8 Å². The largest absolute Gasteiger partial charge is 0.480 e. The Bertz CT molecular complexity index is 552. The van der Waals surface area contributed by atoms with Crippen molar-refractivity contribution in [3.8, 4) is 0 Å². The number of alkyl carbamates (subject to hydrolysis) is 1. The molecule has 1 atom stereocenters. The quantitative estimate of drug-likeness (QED) is 0.829. The van der Waals surface area contributed by atoms with Gasteiger partial charge in [0.1, 0.15) is 11.6 Å². The number of amides is 1. The molecule has 0 spiro atoms. The molecule has 0 bridgehead atoms. The standard InChI is InChI=1S/C16H22BrNO4/c1-5-10-6-7-12(17)8-11(10)9-13(14(19)20)18-15(21)22-16(2,3)4/h6-8,13H,5,9H2,1-4H3,(H,18,21)(H,19,20)/t13-/m0/s1. The van der Waals surface area contributed by atoms with Crippen LogP contribution >= 0.6 is 15.9 Å². The molecule has 1 aromatic rings. The van der Waals surface area contributed by atoms with Crippen LogP contribution in [-0.4, -0.2) is 28.8 Å². The predicted octanol–water partition coefficient (Wildman–Crippen LogP) is 3.53. The van der Waals surface area contributed by atoms with E-state index >= 15 is 0 Å². The van der Waals surface area contributed by atoms with Gasteiger partial charge in [-0.2, -0.15) is 0 Å². The first-order chi connectivity index (χ1) is 10.1. The Kier molecular flexibility index (Phi) is 6.41. The number of carboxylic acids is 1. The van der Waals surface area contributed by atoms with E-state index in [9.17, 15) is 14.7 Å². The summed E-state index contributed by atoms with van der Waals surface area (Å²) in [6, 6.07) is 4.71. The van der Waals surface area contributed by atoms with Gasteiger partial charge < -0.3 is 15.2 Å². The zero-order valence-corrected chi connectivity index (χ0v) is 14.9. The molecule has 2 N–H and O–H groups in total. The van der Waals surface area contributed by atoms with Crippen molar-refractivity contribution < 1.29 is 19.4 Å².